The molecule has 3 rings (SSSR count). The maximum atomic E-state index is 12.5. The summed E-state index contributed by atoms with van der Waals surface area (Å²) in [7, 11) is 1.62. The van der Waals surface area contributed by atoms with Crippen molar-refractivity contribution < 1.29 is 14.3 Å². The minimum absolute atomic E-state index is 0.105. The van der Waals surface area contributed by atoms with E-state index < -0.39 is 0 Å². The smallest absolute Gasteiger partial charge is 0.167 e. The van der Waals surface area contributed by atoms with Crippen LogP contribution < -0.4 is 9.47 Å². The van der Waals surface area contributed by atoms with Gasteiger partial charge in [0.1, 0.15) is 11.5 Å². The molecular formula is C18H18O3. The number of rotatable bonds is 4. The van der Waals surface area contributed by atoms with Gasteiger partial charge in [-0.2, -0.15) is 0 Å². The average Bonchev–Trinajstić information content (AvgIpc) is 2.55. The molecule has 0 saturated carbocycles. The molecule has 0 spiro atoms. The van der Waals surface area contributed by atoms with Gasteiger partial charge in [0.25, 0.3) is 0 Å². The highest BCUT2D eigenvalue weighted by atomic mass is 16.5. The molecule has 0 aliphatic carbocycles. The van der Waals surface area contributed by atoms with Crippen LogP contribution >= 0.6 is 0 Å². The lowest BCUT2D eigenvalue weighted by atomic mass is 9.98. The van der Waals surface area contributed by atoms with Crippen molar-refractivity contribution in [1.29, 1.82) is 0 Å². The first-order chi connectivity index (χ1) is 10.3. The quantitative estimate of drug-likeness (QED) is 0.806. The number of ether oxygens (including phenoxy) is 2. The highest BCUT2D eigenvalue weighted by Gasteiger charge is 2.15. The van der Waals surface area contributed by atoms with Gasteiger partial charge in [0.15, 0.2) is 5.78 Å². The molecule has 1 aliphatic rings. The number of fused-ring (bicyclic) bond motifs is 1. The van der Waals surface area contributed by atoms with Gasteiger partial charge in [-0.3, -0.25) is 4.79 Å². The van der Waals surface area contributed by atoms with E-state index in [0.717, 1.165) is 47.6 Å². The van der Waals surface area contributed by atoms with Crippen molar-refractivity contribution >= 4 is 5.78 Å². The monoisotopic (exact) mass is 282 g/mol. The Kier molecular flexibility index (Phi) is 3.91. The Labute approximate surface area is 124 Å². The molecule has 0 unspecified atom stereocenters. The number of methoxy groups -OCH3 is 1. The van der Waals surface area contributed by atoms with Gasteiger partial charge in [-0.25, -0.2) is 0 Å². The molecule has 108 valence electrons. The second kappa shape index (κ2) is 6.00. The number of Topliss-reactive ketones (excluding diaryl/α,β-unsaturated/α-hetero) is 1. The Morgan fingerprint density at radius 3 is 2.95 bits per heavy atom. The van der Waals surface area contributed by atoms with Gasteiger partial charge in [0.05, 0.1) is 13.7 Å². The number of aryl methyl sites for hydroxylation is 1. The zero-order valence-electron chi connectivity index (χ0n) is 12.1. The predicted octanol–water partition coefficient (Wildman–Crippen LogP) is 3.45. The number of benzene rings is 2. The minimum Gasteiger partial charge on any atom is -0.496 e. The van der Waals surface area contributed by atoms with E-state index in [9.17, 15) is 4.79 Å². The minimum atomic E-state index is 0.105. The third kappa shape index (κ3) is 2.92. The van der Waals surface area contributed by atoms with Crippen LogP contribution in [0.4, 0.5) is 0 Å². The molecule has 2 aromatic rings. The van der Waals surface area contributed by atoms with E-state index >= 15 is 0 Å². The maximum Gasteiger partial charge on any atom is 0.167 e. The average molecular weight is 282 g/mol. The molecule has 2 aromatic carbocycles. The van der Waals surface area contributed by atoms with Crippen LogP contribution in [0.3, 0.4) is 0 Å². The van der Waals surface area contributed by atoms with E-state index in [4.69, 9.17) is 9.47 Å². The molecule has 3 heteroatoms. The van der Waals surface area contributed by atoms with Gasteiger partial charge < -0.3 is 9.47 Å². The van der Waals surface area contributed by atoms with Crippen LogP contribution in [0, 0.1) is 0 Å². The first-order valence-electron chi connectivity index (χ1n) is 7.19. The number of para-hydroxylation sites is 1. The summed E-state index contributed by atoms with van der Waals surface area (Å²) in [5.74, 6) is 1.77. The Bertz CT molecular complexity index is 661. The summed E-state index contributed by atoms with van der Waals surface area (Å²) in [5.41, 5.74) is 2.79. The lowest BCUT2D eigenvalue weighted by Crippen LogP contribution is -2.11. The first kappa shape index (κ1) is 13.7. The van der Waals surface area contributed by atoms with E-state index in [0.29, 0.717) is 6.42 Å². The van der Waals surface area contributed by atoms with E-state index in [2.05, 4.69) is 0 Å². The molecule has 0 N–H and O–H groups in total. The van der Waals surface area contributed by atoms with Gasteiger partial charge in [-0.05, 0) is 42.7 Å². The third-order valence-electron chi connectivity index (χ3n) is 3.77. The molecular weight excluding hydrogens is 264 g/mol. The van der Waals surface area contributed by atoms with Crippen LogP contribution in [0.15, 0.2) is 42.5 Å². The van der Waals surface area contributed by atoms with Crippen molar-refractivity contribution in [2.24, 2.45) is 0 Å². The van der Waals surface area contributed by atoms with Crippen molar-refractivity contribution in [3.05, 3.63) is 59.2 Å². The van der Waals surface area contributed by atoms with Gasteiger partial charge in [0, 0.05) is 17.5 Å². The molecule has 0 amide bonds. The van der Waals surface area contributed by atoms with Crippen LogP contribution in [-0.2, 0) is 12.8 Å². The number of hydrogen-bond acceptors (Lipinski definition) is 3. The lowest BCUT2D eigenvalue weighted by molar-refractivity contribution is 0.0992. The van der Waals surface area contributed by atoms with Crippen molar-refractivity contribution in [2.75, 3.05) is 13.7 Å². The summed E-state index contributed by atoms with van der Waals surface area (Å²) in [6.07, 6.45) is 2.34. The van der Waals surface area contributed by atoms with Gasteiger partial charge in [-0.15, -0.1) is 0 Å². The van der Waals surface area contributed by atoms with Gasteiger partial charge in [0.2, 0.25) is 0 Å². The highest BCUT2D eigenvalue weighted by Crippen LogP contribution is 2.26. The fourth-order valence-corrected chi connectivity index (χ4v) is 2.66. The van der Waals surface area contributed by atoms with E-state index in [1.165, 1.54) is 0 Å². The first-order valence-corrected chi connectivity index (χ1v) is 7.19. The predicted molar refractivity (Wildman–Crippen MR) is 81.3 cm³/mol. The summed E-state index contributed by atoms with van der Waals surface area (Å²) in [6.45, 7) is 0.765. The van der Waals surface area contributed by atoms with Crippen LogP contribution in [0.5, 0.6) is 11.5 Å². The molecule has 21 heavy (non-hydrogen) atoms. The molecule has 0 atom stereocenters. The number of carbonyl (C=O) groups is 1. The third-order valence-corrected chi connectivity index (χ3v) is 3.77. The largest absolute Gasteiger partial charge is 0.496 e. The second-order valence-corrected chi connectivity index (χ2v) is 5.19. The topological polar surface area (TPSA) is 35.5 Å². The molecule has 1 heterocycles. The van der Waals surface area contributed by atoms with Crippen molar-refractivity contribution in [3.63, 3.8) is 0 Å². The Hall–Kier alpha value is -2.29. The van der Waals surface area contributed by atoms with Crippen molar-refractivity contribution in [3.8, 4) is 11.5 Å². The van der Waals surface area contributed by atoms with Crippen molar-refractivity contribution in [2.45, 2.75) is 19.3 Å². The fourth-order valence-electron chi connectivity index (χ4n) is 2.66. The normalized spacial score (nSPS) is 13.2. The highest BCUT2D eigenvalue weighted by molar-refractivity contribution is 5.98. The Balaban J connectivity index is 1.82. The van der Waals surface area contributed by atoms with E-state index in [1.807, 2.05) is 42.5 Å². The van der Waals surface area contributed by atoms with E-state index in [1.54, 1.807) is 7.11 Å². The number of ketones is 1. The van der Waals surface area contributed by atoms with E-state index in [-0.39, 0.29) is 5.78 Å². The van der Waals surface area contributed by atoms with Crippen LogP contribution in [0.25, 0.3) is 0 Å². The number of hydrogen-bond donors (Lipinski definition) is 0. The molecule has 0 radical (unpaired) electrons. The lowest BCUT2D eigenvalue weighted by Gasteiger charge is -2.17. The molecule has 1 aliphatic heterocycles. The number of carbonyl (C=O) groups excluding carboxylic acids is 1. The van der Waals surface area contributed by atoms with Crippen molar-refractivity contribution in [1.82, 2.24) is 0 Å². The summed E-state index contributed by atoms with van der Waals surface area (Å²) in [6, 6.07) is 13.4. The molecule has 0 bridgehead atoms. The zero-order chi connectivity index (χ0) is 14.7. The fraction of sp³-hybridized carbons (Fsp3) is 0.278. The summed E-state index contributed by atoms with van der Waals surface area (Å²) in [4.78, 5) is 12.5. The summed E-state index contributed by atoms with van der Waals surface area (Å²) < 4.78 is 10.9. The van der Waals surface area contributed by atoms with Gasteiger partial charge in [-0.1, -0.05) is 18.2 Å². The second-order valence-electron chi connectivity index (χ2n) is 5.19. The molecule has 3 nitrogen and oxygen atoms in total. The zero-order valence-corrected chi connectivity index (χ0v) is 12.1. The standard InChI is InChI=1S/C18H18O3/c1-20-17-7-3-2-5-15(17)12-16(19)13-8-9-18-14(11-13)6-4-10-21-18/h2-3,5,7-9,11H,4,6,10,12H2,1H3. The maximum absolute atomic E-state index is 12.5. The Morgan fingerprint density at radius 2 is 2.10 bits per heavy atom. The van der Waals surface area contributed by atoms with Gasteiger partial charge >= 0.3 is 0 Å². The van der Waals surface area contributed by atoms with Crippen LogP contribution in [0.2, 0.25) is 0 Å². The SMILES string of the molecule is COc1ccccc1CC(=O)c1ccc2c(c1)CCCO2. The van der Waals surface area contributed by atoms with Crippen LogP contribution in [0.1, 0.15) is 27.9 Å². The molecule has 0 fully saturated rings. The Morgan fingerprint density at radius 1 is 1.24 bits per heavy atom. The van der Waals surface area contributed by atoms with Crippen LogP contribution in [-0.4, -0.2) is 19.5 Å². The summed E-state index contributed by atoms with van der Waals surface area (Å²) in [5, 5.41) is 0. The molecule has 0 saturated heterocycles. The summed E-state index contributed by atoms with van der Waals surface area (Å²) >= 11 is 0. The molecule has 0 aromatic heterocycles.